The molecule has 1 atom stereocenters. The van der Waals surface area contributed by atoms with Gasteiger partial charge in [0.2, 0.25) is 0 Å². The van der Waals surface area contributed by atoms with Crippen LogP contribution in [0.2, 0.25) is 0 Å². The second-order valence-corrected chi connectivity index (χ2v) is 4.06. The Morgan fingerprint density at radius 2 is 2.00 bits per heavy atom. The molecule has 0 fully saturated rings. The van der Waals surface area contributed by atoms with Gasteiger partial charge in [0.1, 0.15) is 11.9 Å². The molecule has 0 aromatic heterocycles. The van der Waals surface area contributed by atoms with Crippen molar-refractivity contribution < 1.29 is 18.3 Å². The van der Waals surface area contributed by atoms with Gasteiger partial charge in [-0.3, -0.25) is 0 Å². The van der Waals surface area contributed by atoms with Crippen molar-refractivity contribution in [3.63, 3.8) is 0 Å². The average molecular weight is 316 g/mol. The first-order chi connectivity index (χ1) is 6.37. The molecule has 0 bridgehead atoms. The lowest BCUT2D eigenvalue weighted by Gasteiger charge is -2.20. The van der Waals surface area contributed by atoms with Gasteiger partial charge in [0, 0.05) is 3.57 Å². The minimum atomic E-state index is -3.55. The molecule has 14 heavy (non-hydrogen) atoms. The van der Waals surface area contributed by atoms with E-state index in [0.29, 0.717) is 0 Å². The second kappa shape index (κ2) is 4.06. The molecule has 1 N–H and O–H groups in total. The molecule has 0 radical (unpaired) electrons. The molecular formula is C9H8F3IO. The van der Waals surface area contributed by atoms with Crippen LogP contribution in [0, 0.1) is 9.39 Å². The Kier molecular flexibility index (Phi) is 3.41. The Bertz CT molecular complexity index is 339. The third kappa shape index (κ3) is 2.03. The first-order valence-corrected chi connectivity index (χ1v) is 4.95. The van der Waals surface area contributed by atoms with Crippen LogP contribution in [0.1, 0.15) is 12.5 Å². The van der Waals surface area contributed by atoms with Gasteiger partial charge in [-0.25, -0.2) is 4.39 Å². The third-order valence-electron chi connectivity index (χ3n) is 1.84. The van der Waals surface area contributed by atoms with Gasteiger partial charge in [0.05, 0.1) is 5.56 Å². The molecule has 0 unspecified atom stereocenters. The van der Waals surface area contributed by atoms with Crippen LogP contribution in [0.25, 0.3) is 0 Å². The highest BCUT2D eigenvalue weighted by atomic mass is 127. The SMILES string of the molecule is C[C@H](O)C(F)(F)c1cccc(I)c1F. The average Bonchev–Trinajstić information content (AvgIpc) is 2.09. The molecule has 0 spiro atoms. The zero-order valence-electron chi connectivity index (χ0n) is 7.27. The highest BCUT2D eigenvalue weighted by Gasteiger charge is 2.40. The van der Waals surface area contributed by atoms with Crippen LogP contribution in [0.3, 0.4) is 0 Å². The van der Waals surface area contributed by atoms with E-state index in [4.69, 9.17) is 5.11 Å². The molecule has 0 aliphatic carbocycles. The minimum absolute atomic E-state index is 0.112. The second-order valence-electron chi connectivity index (χ2n) is 2.90. The summed E-state index contributed by atoms with van der Waals surface area (Å²) in [6.45, 7) is 0.930. The molecule has 0 saturated carbocycles. The molecule has 0 aliphatic heterocycles. The number of rotatable bonds is 2. The Labute approximate surface area is 93.1 Å². The number of halogens is 4. The fourth-order valence-electron chi connectivity index (χ4n) is 0.986. The van der Waals surface area contributed by atoms with Crippen molar-refractivity contribution >= 4 is 22.6 Å². The molecule has 0 heterocycles. The van der Waals surface area contributed by atoms with E-state index >= 15 is 0 Å². The summed E-state index contributed by atoms with van der Waals surface area (Å²) in [7, 11) is 0. The Morgan fingerprint density at radius 1 is 1.43 bits per heavy atom. The fraction of sp³-hybridized carbons (Fsp3) is 0.333. The van der Waals surface area contributed by atoms with Crippen LogP contribution in [-0.4, -0.2) is 11.2 Å². The van der Waals surface area contributed by atoms with Crippen molar-refractivity contribution in [3.8, 4) is 0 Å². The molecule has 78 valence electrons. The van der Waals surface area contributed by atoms with E-state index in [0.717, 1.165) is 13.0 Å². The summed E-state index contributed by atoms with van der Waals surface area (Å²) in [5.41, 5.74) is -0.764. The maximum Gasteiger partial charge on any atom is 0.301 e. The number of alkyl halides is 2. The molecule has 1 aromatic carbocycles. The van der Waals surface area contributed by atoms with Crippen LogP contribution in [0.15, 0.2) is 18.2 Å². The molecule has 1 nitrogen and oxygen atoms in total. The predicted molar refractivity (Wildman–Crippen MR) is 54.7 cm³/mol. The lowest BCUT2D eigenvalue weighted by Crippen LogP contribution is -2.29. The Hall–Kier alpha value is -0.300. The molecule has 0 saturated heterocycles. The van der Waals surface area contributed by atoms with Gasteiger partial charge < -0.3 is 5.11 Å². The predicted octanol–water partition coefficient (Wildman–Crippen LogP) is 2.90. The van der Waals surface area contributed by atoms with Gasteiger partial charge in [-0.1, -0.05) is 6.07 Å². The number of aliphatic hydroxyl groups excluding tert-OH is 1. The quantitative estimate of drug-likeness (QED) is 0.832. The van der Waals surface area contributed by atoms with E-state index in [1.807, 2.05) is 0 Å². The number of benzene rings is 1. The van der Waals surface area contributed by atoms with Crippen molar-refractivity contribution in [1.82, 2.24) is 0 Å². The van der Waals surface area contributed by atoms with Crippen LogP contribution >= 0.6 is 22.6 Å². The van der Waals surface area contributed by atoms with E-state index in [2.05, 4.69) is 0 Å². The molecule has 1 rings (SSSR count). The minimum Gasteiger partial charge on any atom is -0.387 e. The largest absolute Gasteiger partial charge is 0.387 e. The van der Waals surface area contributed by atoms with Gasteiger partial charge in [0.25, 0.3) is 0 Å². The normalized spacial score (nSPS) is 14.1. The summed E-state index contributed by atoms with van der Waals surface area (Å²) in [4.78, 5) is 0. The smallest absolute Gasteiger partial charge is 0.301 e. The summed E-state index contributed by atoms with van der Waals surface area (Å²) in [6.07, 6.45) is -1.91. The first-order valence-electron chi connectivity index (χ1n) is 3.87. The van der Waals surface area contributed by atoms with Gasteiger partial charge in [-0.05, 0) is 41.6 Å². The molecule has 0 amide bonds. The highest BCUT2D eigenvalue weighted by Crippen LogP contribution is 2.34. The van der Waals surface area contributed by atoms with Crippen molar-refractivity contribution in [1.29, 1.82) is 0 Å². The zero-order valence-corrected chi connectivity index (χ0v) is 9.43. The van der Waals surface area contributed by atoms with E-state index in [1.165, 1.54) is 12.1 Å². The van der Waals surface area contributed by atoms with Crippen LogP contribution < -0.4 is 0 Å². The Morgan fingerprint density at radius 3 is 2.50 bits per heavy atom. The molecular weight excluding hydrogens is 308 g/mol. The van der Waals surface area contributed by atoms with Crippen molar-refractivity contribution in [2.45, 2.75) is 19.0 Å². The molecule has 0 aliphatic rings. The summed E-state index contributed by atoms with van der Waals surface area (Å²) in [5.74, 6) is -4.52. The topological polar surface area (TPSA) is 20.2 Å². The highest BCUT2D eigenvalue weighted by molar-refractivity contribution is 14.1. The maximum atomic E-state index is 13.3. The number of hydrogen-bond donors (Lipinski definition) is 1. The Balaban J connectivity index is 3.26. The van der Waals surface area contributed by atoms with Crippen molar-refractivity contribution in [3.05, 3.63) is 33.1 Å². The van der Waals surface area contributed by atoms with E-state index < -0.39 is 23.4 Å². The summed E-state index contributed by atoms with van der Waals surface area (Å²) in [6, 6.07) is 3.69. The van der Waals surface area contributed by atoms with E-state index in [-0.39, 0.29) is 3.57 Å². The van der Waals surface area contributed by atoms with Gasteiger partial charge >= 0.3 is 5.92 Å². The van der Waals surface area contributed by atoms with E-state index in [9.17, 15) is 13.2 Å². The molecule has 1 aromatic rings. The van der Waals surface area contributed by atoms with Crippen molar-refractivity contribution in [2.24, 2.45) is 0 Å². The number of aliphatic hydroxyl groups is 1. The van der Waals surface area contributed by atoms with Gasteiger partial charge in [-0.2, -0.15) is 8.78 Å². The zero-order chi connectivity index (χ0) is 10.9. The van der Waals surface area contributed by atoms with E-state index in [1.54, 1.807) is 22.6 Å². The van der Waals surface area contributed by atoms with Gasteiger partial charge in [0.15, 0.2) is 0 Å². The van der Waals surface area contributed by atoms with Crippen LogP contribution in [0.4, 0.5) is 13.2 Å². The van der Waals surface area contributed by atoms with Crippen LogP contribution in [-0.2, 0) is 5.92 Å². The van der Waals surface area contributed by atoms with Crippen LogP contribution in [0.5, 0.6) is 0 Å². The summed E-state index contributed by atoms with van der Waals surface area (Å²) < 4.78 is 39.8. The monoisotopic (exact) mass is 316 g/mol. The summed E-state index contributed by atoms with van der Waals surface area (Å²) >= 11 is 1.62. The third-order valence-corrected chi connectivity index (χ3v) is 2.67. The first kappa shape index (κ1) is 11.8. The lowest BCUT2D eigenvalue weighted by atomic mass is 10.0. The molecule has 5 heteroatoms. The van der Waals surface area contributed by atoms with Gasteiger partial charge in [-0.15, -0.1) is 0 Å². The van der Waals surface area contributed by atoms with Crippen molar-refractivity contribution in [2.75, 3.05) is 0 Å². The lowest BCUT2D eigenvalue weighted by molar-refractivity contribution is -0.108. The fourth-order valence-corrected chi connectivity index (χ4v) is 1.48. The summed E-state index contributed by atoms with van der Waals surface area (Å²) in [5, 5.41) is 8.83. The maximum absolute atomic E-state index is 13.3. The standard InChI is InChI=1S/C9H8F3IO/c1-5(14)9(11,12)6-3-2-4-7(13)8(6)10/h2-5,14H,1H3/t5-/m0/s1. The number of hydrogen-bond acceptors (Lipinski definition) is 1.